The molecule has 0 N–H and O–H groups in total. The molecular formula is C11H23NOS. The maximum absolute atomic E-state index is 11.5. The van der Waals surface area contributed by atoms with Crippen molar-refractivity contribution in [3.8, 4) is 0 Å². The van der Waals surface area contributed by atoms with E-state index in [1.54, 1.807) is 6.21 Å². The lowest BCUT2D eigenvalue weighted by Gasteiger charge is -2.16. The fourth-order valence-electron chi connectivity index (χ4n) is 0.776. The molecule has 1 atom stereocenters. The Balaban J connectivity index is 3.92. The van der Waals surface area contributed by atoms with Gasteiger partial charge in [-0.1, -0.05) is 20.8 Å². The minimum absolute atomic E-state index is 0.238. The summed E-state index contributed by atoms with van der Waals surface area (Å²) >= 11 is 0. The van der Waals surface area contributed by atoms with Crippen LogP contribution in [0.25, 0.3) is 0 Å². The SMILES string of the molecule is CC(C)(C)CCC=NS(=O)C(C)(C)C. The summed E-state index contributed by atoms with van der Waals surface area (Å²) < 4.78 is 15.3. The van der Waals surface area contributed by atoms with Crippen molar-refractivity contribution in [1.29, 1.82) is 0 Å². The van der Waals surface area contributed by atoms with Crippen LogP contribution in [0.3, 0.4) is 0 Å². The highest BCUT2D eigenvalue weighted by Gasteiger charge is 2.18. The maximum Gasteiger partial charge on any atom is 0.144 e. The number of hydrogen-bond donors (Lipinski definition) is 0. The van der Waals surface area contributed by atoms with Crippen LogP contribution in [0.4, 0.5) is 0 Å². The normalized spacial score (nSPS) is 16.1. The van der Waals surface area contributed by atoms with Gasteiger partial charge in [0.25, 0.3) is 0 Å². The van der Waals surface area contributed by atoms with E-state index < -0.39 is 11.0 Å². The summed E-state index contributed by atoms with van der Waals surface area (Å²) in [5, 5.41) is 0. The zero-order chi connectivity index (χ0) is 11.4. The molecular weight excluding hydrogens is 194 g/mol. The third-order valence-corrected chi connectivity index (χ3v) is 3.11. The summed E-state index contributed by atoms with van der Waals surface area (Å²) in [4.78, 5) is 0. The molecule has 0 aromatic heterocycles. The van der Waals surface area contributed by atoms with Crippen molar-refractivity contribution in [3.05, 3.63) is 0 Å². The van der Waals surface area contributed by atoms with Gasteiger partial charge in [-0.2, -0.15) is 4.40 Å². The van der Waals surface area contributed by atoms with Crippen molar-refractivity contribution in [2.24, 2.45) is 9.81 Å². The molecule has 84 valence electrons. The summed E-state index contributed by atoms with van der Waals surface area (Å²) in [5.41, 5.74) is 0.329. The molecule has 0 aliphatic rings. The van der Waals surface area contributed by atoms with E-state index in [4.69, 9.17) is 0 Å². The van der Waals surface area contributed by atoms with Crippen LogP contribution >= 0.6 is 0 Å². The van der Waals surface area contributed by atoms with Gasteiger partial charge in [-0.25, -0.2) is 4.21 Å². The monoisotopic (exact) mass is 217 g/mol. The molecule has 0 bridgehead atoms. The molecule has 0 fully saturated rings. The summed E-state index contributed by atoms with van der Waals surface area (Å²) in [5.74, 6) is 0. The molecule has 0 spiro atoms. The fraction of sp³-hybridized carbons (Fsp3) is 0.909. The van der Waals surface area contributed by atoms with E-state index in [2.05, 4.69) is 25.2 Å². The largest absolute Gasteiger partial charge is 0.234 e. The maximum atomic E-state index is 11.5. The zero-order valence-electron chi connectivity index (χ0n) is 10.3. The van der Waals surface area contributed by atoms with Gasteiger partial charge in [-0.15, -0.1) is 0 Å². The Hall–Kier alpha value is -0.180. The molecule has 0 aromatic carbocycles. The first-order valence-corrected chi connectivity index (χ1v) is 6.18. The van der Waals surface area contributed by atoms with E-state index >= 15 is 0 Å². The molecule has 0 aromatic rings. The van der Waals surface area contributed by atoms with Crippen LogP contribution in [-0.2, 0) is 11.0 Å². The first-order valence-electron chi connectivity index (χ1n) is 5.07. The average molecular weight is 217 g/mol. The lowest BCUT2D eigenvalue weighted by Crippen LogP contribution is -2.19. The lowest BCUT2D eigenvalue weighted by molar-refractivity contribution is 0.387. The molecule has 3 heteroatoms. The molecule has 2 nitrogen and oxygen atoms in total. The van der Waals surface area contributed by atoms with Crippen molar-refractivity contribution < 1.29 is 4.21 Å². The Labute approximate surface area is 90.8 Å². The molecule has 14 heavy (non-hydrogen) atoms. The Kier molecular flexibility index (Phi) is 4.99. The second-order valence-electron chi connectivity index (χ2n) is 5.75. The third-order valence-electron chi connectivity index (χ3n) is 1.72. The zero-order valence-corrected chi connectivity index (χ0v) is 11.1. The first-order chi connectivity index (χ1) is 6.13. The Morgan fingerprint density at radius 2 is 1.64 bits per heavy atom. The van der Waals surface area contributed by atoms with Gasteiger partial charge in [-0.05, 0) is 39.0 Å². The van der Waals surface area contributed by atoms with Gasteiger partial charge < -0.3 is 0 Å². The third kappa shape index (κ3) is 7.25. The number of hydrogen-bond acceptors (Lipinski definition) is 1. The molecule has 1 unspecified atom stereocenters. The molecule has 0 saturated heterocycles. The summed E-state index contributed by atoms with van der Waals surface area (Å²) in [6, 6.07) is 0. The molecule has 0 heterocycles. The van der Waals surface area contributed by atoms with Crippen molar-refractivity contribution in [3.63, 3.8) is 0 Å². The first kappa shape index (κ1) is 13.8. The molecule has 0 aliphatic carbocycles. The van der Waals surface area contributed by atoms with Crippen molar-refractivity contribution in [2.75, 3.05) is 0 Å². The van der Waals surface area contributed by atoms with Crippen LogP contribution in [0.15, 0.2) is 4.40 Å². The molecule has 0 aliphatic heterocycles. The molecule has 0 radical (unpaired) electrons. The highest BCUT2D eigenvalue weighted by Crippen LogP contribution is 2.19. The topological polar surface area (TPSA) is 29.4 Å². The van der Waals surface area contributed by atoms with Crippen LogP contribution in [0, 0.1) is 5.41 Å². The van der Waals surface area contributed by atoms with E-state index in [1.807, 2.05) is 20.8 Å². The number of rotatable bonds is 3. The second kappa shape index (κ2) is 5.06. The van der Waals surface area contributed by atoms with Crippen LogP contribution in [-0.4, -0.2) is 15.2 Å². The number of nitrogens with zero attached hydrogens (tertiary/aromatic N) is 1. The van der Waals surface area contributed by atoms with E-state index in [1.165, 1.54) is 0 Å². The predicted octanol–water partition coefficient (Wildman–Crippen LogP) is 3.35. The minimum atomic E-state index is -1.10. The minimum Gasteiger partial charge on any atom is -0.234 e. The van der Waals surface area contributed by atoms with E-state index in [9.17, 15) is 4.21 Å². The Morgan fingerprint density at radius 3 is 2.00 bits per heavy atom. The van der Waals surface area contributed by atoms with Gasteiger partial charge in [-0.3, -0.25) is 0 Å². The van der Waals surface area contributed by atoms with Crippen molar-refractivity contribution in [2.45, 2.75) is 59.1 Å². The molecule has 0 rings (SSSR count). The summed E-state index contributed by atoms with van der Waals surface area (Å²) in [6.45, 7) is 12.4. The van der Waals surface area contributed by atoms with E-state index in [-0.39, 0.29) is 4.75 Å². The van der Waals surface area contributed by atoms with Crippen molar-refractivity contribution in [1.82, 2.24) is 0 Å². The molecule has 0 saturated carbocycles. The Bertz CT molecular complexity index is 220. The van der Waals surface area contributed by atoms with Crippen LogP contribution < -0.4 is 0 Å². The standard InChI is InChI=1S/C11H23NOS/c1-10(2,3)8-7-9-12-14(13)11(4,5)6/h9H,7-8H2,1-6H3. The fourth-order valence-corrected chi connectivity index (χ4v) is 1.33. The van der Waals surface area contributed by atoms with E-state index in [0.29, 0.717) is 5.41 Å². The van der Waals surface area contributed by atoms with Crippen LogP contribution in [0.2, 0.25) is 0 Å². The smallest absolute Gasteiger partial charge is 0.144 e. The van der Waals surface area contributed by atoms with Crippen LogP contribution in [0.1, 0.15) is 54.4 Å². The Morgan fingerprint density at radius 1 is 1.14 bits per heavy atom. The van der Waals surface area contributed by atoms with Gasteiger partial charge in [0.2, 0.25) is 0 Å². The van der Waals surface area contributed by atoms with E-state index in [0.717, 1.165) is 12.8 Å². The summed E-state index contributed by atoms with van der Waals surface area (Å²) in [6.07, 6.45) is 3.79. The van der Waals surface area contributed by atoms with Gasteiger partial charge in [0.1, 0.15) is 11.0 Å². The van der Waals surface area contributed by atoms with Crippen molar-refractivity contribution >= 4 is 17.2 Å². The highest BCUT2D eigenvalue weighted by molar-refractivity contribution is 7.85. The second-order valence-corrected chi connectivity index (χ2v) is 7.68. The van der Waals surface area contributed by atoms with Gasteiger partial charge in [0.05, 0.1) is 4.75 Å². The average Bonchev–Trinajstić information content (AvgIpc) is 1.93. The quantitative estimate of drug-likeness (QED) is 0.667. The molecule has 0 amide bonds. The van der Waals surface area contributed by atoms with Crippen LogP contribution in [0.5, 0.6) is 0 Å². The summed E-state index contributed by atoms with van der Waals surface area (Å²) in [7, 11) is -1.10. The highest BCUT2D eigenvalue weighted by atomic mass is 32.2. The van der Waals surface area contributed by atoms with Gasteiger partial charge >= 0.3 is 0 Å². The van der Waals surface area contributed by atoms with Gasteiger partial charge in [0, 0.05) is 6.21 Å². The van der Waals surface area contributed by atoms with Gasteiger partial charge in [0.15, 0.2) is 0 Å². The lowest BCUT2D eigenvalue weighted by atomic mass is 9.91. The predicted molar refractivity (Wildman–Crippen MR) is 65.1 cm³/mol.